The van der Waals surface area contributed by atoms with Gasteiger partial charge >= 0.3 is 6.09 Å². The number of nitrogens with zero attached hydrogens (tertiary/aromatic N) is 1. The van der Waals surface area contributed by atoms with Gasteiger partial charge in [0.1, 0.15) is 6.73 Å². The lowest BCUT2D eigenvalue weighted by molar-refractivity contribution is 0.168. The fourth-order valence-corrected chi connectivity index (χ4v) is 1.22. The number of benzene rings is 1. The number of methoxy groups -OCH3 is 1. The molecule has 0 atom stereocenters. The van der Waals surface area contributed by atoms with E-state index in [1.807, 2.05) is 19.1 Å². The van der Waals surface area contributed by atoms with Crippen molar-refractivity contribution >= 4 is 11.8 Å². The SMILES string of the molecule is COCN(C(=O)O)c1ccccc1C. The Hall–Kier alpha value is -1.55. The first-order valence-corrected chi connectivity index (χ1v) is 4.22. The quantitative estimate of drug-likeness (QED) is 0.751. The Balaban J connectivity index is 2.99. The maximum absolute atomic E-state index is 10.9. The fraction of sp³-hybridized carbons (Fsp3) is 0.300. The van der Waals surface area contributed by atoms with Crippen molar-refractivity contribution in [2.45, 2.75) is 6.92 Å². The Bertz CT molecular complexity index is 325. The van der Waals surface area contributed by atoms with Crippen LogP contribution in [0.3, 0.4) is 0 Å². The average molecular weight is 195 g/mol. The van der Waals surface area contributed by atoms with Gasteiger partial charge in [0, 0.05) is 7.11 Å². The van der Waals surface area contributed by atoms with E-state index in [2.05, 4.69) is 0 Å². The average Bonchev–Trinajstić information content (AvgIpc) is 2.15. The first-order chi connectivity index (χ1) is 6.66. The topological polar surface area (TPSA) is 49.8 Å². The third-order valence-corrected chi connectivity index (χ3v) is 1.90. The summed E-state index contributed by atoms with van der Waals surface area (Å²) in [5.74, 6) is 0. The lowest BCUT2D eigenvalue weighted by atomic mass is 10.2. The number of carbonyl (C=O) groups is 1. The van der Waals surface area contributed by atoms with E-state index in [0.717, 1.165) is 10.5 Å². The highest BCUT2D eigenvalue weighted by molar-refractivity contribution is 5.86. The highest BCUT2D eigenvalue weighted by Crippen LogP contribution is 2.18. The van der Waals surface area contributed by atoms with Gasteiger partial charge in [-0.25, -0.2) is 4.79 Å². The van der Waals surface area contributed by atoms with E-state index in [1.165, 1.54) is 7.11 Å². The van der Waals surface area contributed by atoms with E-state index in [0.29, 0.717) is 5.69 Å². The first-order valence-electron chi connectivity index (χ1n) is 4.22. The number of para-hydroxylation sites is 1. The first kappa shape index (κ1) is 10.5. The van der Waals surface area contributed by atoms with Gasteiger partial charge in [-0.15, -0.1) is 0 Å². The van der Waals surface area contributed by atoms with Gasteiger partial charge < -0.3 is 9.84 Å². The van der Waals surface area contributed by atoms with Crippen LogP contribution >= 0.6 is 0 Å². The summed E-state index contributed by atoms with van der Waals surface area (Å²) in [5.41, 5.74) is 1.56. The molecule has 0 unspecified atom stereocenters. The van der Waals surface area contributed by atoms with Crippen LogP contribution in [0.25, 0.3) is 0 Å². The van der Waals surface area contributed by atoms with Crippen LogP contribution in [0.5, 0.6) is 0 Å². The highest BCUT2D eigenvalue weighted by atomic mass is 16.5. The minimum absolute atomic E-state index is 0.0419. The van der Waals surface area contributed by atoms with Crippen LogP contribution in [-0.2, 0) is 4.74 Å². The Morgan fingerprint density at radius 3 is 2.64 bits per heavy atom. The molecule has 1 aromatic rings. The predicted molar refractivity (Wildman–Crippen MR) is 53.6 cm³/mol. The molecular weight excluding hydrogens is 182 g/mol. The molecule has 0 aliphatic heterocycles. The molecule has 0 bridgehead atoms. The third kappa shape index (κ3) is 2.23. The van der Waals surface area contributed by atoms with Crippen LogP contribution in [0.1, 0.15) is 5.56 Å². The molecule has 1 aromatic carbocycles. The summed E-state index contributed by atoms with van der Waals surface area (Å²) >= 11 is 0. The Kier molecular flexibility index (Phi) is 3.48. The van der Waals surface area contributed by atoms with E-state index >= 15 is 0 Å². The molecule has 1 N–H and O–H groups in total. The second-order valence-corrected chi connectivity index (χ2v) is 2.91. The van der Waals surface area contributed by atoms with E-state index in [9.17, 15) is 4.79 Å². The molecule has 0 aliphatic carbocycles. The molecule has 0 saturated carbocycles. The van der Waals surface area contributed by atoms with Crippen molar-refractivity contribution in [2.75, 3.05) is 18.7 Å². The molecule has 76 valence electrons. The maximum Gasteiger partial charge on any atom is 0.413 e. The highest BCUT2D eigenvalue weighted by Gasteiger charge is 2.14. The van der Waals surface area contributed by atoms with Crippen LogP contribution in [0.2, 0.25) is 0 Å². The lowest BCUT2D eigenvalue weighted by Gasteiger charge is -2.19. The Morgan fingerprint density at radius 1 is 1.50 bits per heavy atom. The van der Waals surface area contributed by atoms with Crippen molar-refractivity contribution in [3.63, 3.8) is 0 Å². The molecule has 14 heavy (non-hydrogen) atoms. The van der Waals surface area contributed by atoms with E-state index in [-0.39, 0.29) is 6.73 Å². The minimum atomic E-state index is -1.01. The summed E-state index contributed by atoms with van der Waals surface area (Å²) in [7, 11) is 1.47. The molecule has 0 aliphatic rings. The van der Waals surface area contributed by atoms with Crippen molar-refractivity contribution in [1.29, 1.82) is 0 Å². The summed E-state index contributed by atoms with van der Waals surface area (Å²) in [4.78, 5) is 12.1. The van der Waals surface area contributed by atoms with Crippen LogP contribution in [0, 0.1) is 6.92 Å². The number of ether oxygens (including phenoxy) is 1. The van der Waals surface area contributed by atoms with Gasteiger partial charge in [-0.2, -0.15) is 0 Å². The molecule has 4 heteroatoms. The second kappa shape index (κ2) is 4.62. The van der Waals surface area contributed by atoms with Gasteiger partial charge in [-0.1, -0.05) is 18.2 Å². The standard InChI is InChI=1S/C10H13NO3/c1-8-5-3-4-6-9(8)11(7-14-2)10(12)13/h3-6H,7H2,1-2H3,(H,12,13). The zero-order valence-electron chi connectivity index (χ0n) is 8.23. The summed E-state index contributed by atoms with van der Waals surface area (Å²) in [6, 6.07) is 7.28. The van der Waals surface area contributed by atoms with Crippen LogP contribution in [-0.4, -0.2) is 25.0 Å². The van der Waals surface area contributed by atoms with Gasteiger partial charge in [0.15, 0.2) is 0 Å². The normalized spacial score (nSPS) is 9.86. The number of amides is 1. The number of hydrogen-bond donors (Lipinski definition) is 1. The zero-order chi connectivity index (χ0) is 10.6. The lowest BCUT2D eigenvalue weighted by Crippen LogP contribution is -2.31. The van der Waals surface area contributed by atoms with Crippen molar-refractivity contribution in [1.82, 2.24) is 0 Å². The molecule has 0 saturated heterocycles. The van der Waals surface area contributed by atoms with Gasteiger partial charge in [-0.05, 0) is 18.6 Å². The van der Waals surface area contributed by atoms with Crippen molar-refractivity contribution in [3.05, 3.63) is 29.8 Å². The largest absolute Gasteiger partial charge is 0.465 e. The zero-order valence-corrected chi connectivity index (χ0v) is 8.23. The Labute approximate surface area is 82.7 Å². The van der Waals surface area contributed by atoms with E-state index < -0.39 is 6.09 Å². The molecule has 0 fully saturated rings. The van der Waals surface area contributed by atoms with Crippen LogP contribution in [0.15, 0.2) is 24.3 Å². The summed E-state index contributed by atoms with van der Waals surface area (Å²) in [6.07, 6.45) is -1.01. The number of anilines is 1. The van der Waals surface area contributed by atoms with Crippen LogP contribution in [0.4, 0.5) is 10.5 Å². The third-order valence-electron chi connectivity index (χ3n) is 1.90. The van der Waals surface area contributed by atoms with Gasteiger partial charge in [0.25, 0.3) is 0 Å². The molecular formula is C10H13NO3. The number of aryl methyl sites for hydroxylation is 1. The molecule has 0 radical (unpaired) electrons. The Morgan fingerprint density at radius 2 is 2.14 bits per heavy atom. The summed E-state index contributed by atoms with van der Waals surface area (Å²) in [5, 5.41) is 8.93. The van der Waals surface area contributed by atoms with E-state index in [1.54, 1.807) is 12.1 Å². The van der Waals surface area contributed by atoms with E-state index in [4.69, 9.17) is 9.84 Å². The number of hydrogen-bond acceptors (Lipinski definition) is 2. The van der Waals surface area contributed by atoms with Crippen molar-refractivity contribution in [3.8, 4) is 0 Å². The number of carboxylic acid groups (broad SMARTS) is 1. The van der Waals surface area contributed by atoms with Gasteiger partial charge in [0.2, 0.25) is 0 Å². The smallest absolute Gasteiger partial charge is 0.413 e. The fourth-order valence-electron chi connectivity index (χ4n) is 1.22. The minimum Gasteiger partial charge on any atom is -0.465 e. The molecule has 4 nitrogen and oxygen atoms in total. The van der Waals surface area contributed by atoms with Crippen molar-refractivity contribution < 1.29 is 14.6 Å². The second-order valence-electron chi connectivity index (χ2n) is 2.91. The predicted octanol–water partition coefficient (Wildman–Crippen LogP) is 2.08. The molecule has 0 heterocycles. The summed E-state index contributed by atoms with van der Waals surface area (Å²) in [6.45, 7) is 1.90. The molecule has 0 aromatic heterocycles. The monoisotopic (exact) mass is 195 g/mol. The van der Waals surface area contributed by atoms with Gasteiger partial charge in [0.05, 0.1) is 5.69 Å². The molecule has 1 rings (SSSR count). The maximum atomic E-state index is 10.9. The van der Waals surface area contributed by atoms with Gasteiger partial charge in [-0.3, -0.25) is 4.90 Å². The molecule has 0 spiro atoms. The summed E-state index contributed by atoms with van der Waals surface area (Å²) < 4.78 is 4.82. The van der Waals surface area contributed by atoms with Crippen LogP contribution < -0.4 is 4.90 Å². The van der Waals surface area contributed by atoms with Crippen molar-refractivity contribution in [2.24, 2.45) is 0 Å². The molecule has 1 amide bonds. The number of rotatable bonds is 3.